The van der Waals surface area contributed by atoms with Gasteiger partial charge in [-0.25, -0.2) is 4.79 Å². The lowest BCUT2D eigenvalue weighted by atomic mass is 10.1. The second-order valence-electron chi connectivity index (χ2n) is 6.25. The Balaban J connectivity index is 2.02. The summed E-state index contributed by atoms with van der Waals surface area (Å²) in [4.78, 5) is 15.7. The zero-order valence-corrected chi connectivity index (χ0v) is 15.6. The van der Waals surface area contributed by atoms with Crippen molar-refractivity contribution in [1.29, 1.82) is 0 Å². The maximum atomic E-state index is 12.6. The molecular weight excluding hydrogens is 375 g/mol. The third-order valence-electron chi connectivity index (χ3n) is 3.97. The number of benzene rings is 1. The van der Waals surface area contributed by atoms with Crippen molar-refractivity contribution in [2.24, 2.45) is 0 Å². The van der Waals surface area contributed by atoms with Crippen LogP contribution >= 0.6 is 0 Å². The molecule has 152 valence electrons. The van der Waals surface area contributed by atoms with Gasteiger partial charge < -0.3 is 14.6 Å². The molecule has 0 amide bonds. The molecule has 0 aliphatic carbocycles. The molecule has 1 N–H and O–H groups in total. The van der Waals surface area contributed by atoms with Crippen LogP contribution in [0.3, 0.4) is 0 Å². The largest absolute Gasteiger partial charge is 0.504 e. The van der Waals surface area contributed by atoms with E-state index in [1.807, 2.05) is 6.92 Å². The van der Waals surface area contributed by atoms with Crippen LogP contribution in [0, 0.1) is 0 Å². The van der Waals surface area contributed by atoms with Crippen LogP contribution in [0.15, 0.2) is 36.5 Å². The SMILES string of the molecule is CCCCCOC(=O)C(C)Oc1ccc(-c2ccc(C(F)(F)F)cn2)cc1O. The average molecular weight is 397 g/mol. The lowest BCUT2D eigenvalue weighted by Crippen LogP contribution is -2.26. The number of halogens is 3. The number of phenolic OH excluding ortho intramolecular Hbond substituents is 1. The Morgan fingerprint density at radius 3 is 2.54 bits per heavy atom. The number of ether oxygens (including phenoxy) is 2. The molecule has 0 spiro atoms. The number of phenols is 1. The number of nitrogens with zero attached hydrogens (tertiary/aromatic N) is 1. The smallest absolute Gasteiger partial charge is 0.417 e. The molecule has 0 aliphatic rings. The van der Waals surface area contributed by atoms with Crippen molar-refractivity contribution in [3.63, 3.8) is 0 Å². The van der Waals surface area contributed by atoms with Crippen molar-refractivity contribution in [2.75, 3.05) is 6.61 Å². The Labute approximate surface area is 161 Å². The summed E-state index contributed by atoms with van der Waals surface area (Å²) in [6, 6.07) is 6.40. The maximum absolute atomic E-state index is 12.6. The summed E-state index contributed by atoms with van der Waals surface area (Å²) in [5.74, 6) is -0.734. The highest BCUT2D eigenvalue weighted by atomic mass is 19.4. The van der Waals surface area contributed by atoms with E-state index in [9.17, 15) is 23.1 Å². The minimum atomic E-state index is -4.47. The van der Waals surface area contributed by atoms with Crippen molar-refractivity contribution in [2.45, 2.75) is 45.4 Å². The minimum absolute atomic E-state index is 0.0636. The first-order chi connectivity index (χ1) is 13.2. The van der Waals surface area contributed by atoms with E-state index in [0.717, 1.165) is 31.5 Å². The van der Waals surface area contributed by atoms with Gasteiger partial charge in [-0.2, -0.15) is 13.2 Å². The van der Waals surface area contributed by atoms with Crippen LogP contribution in [-0.4, -0.2) is 28.8 Å². The summed E-state index contributed by atoms with van der Waals surface area (Å²) in [5.41, 5.74) is -0.182. The van der Waals surface area contributed by atoms with Crippen LogP contribution < -0.4 is 4.74 Å². The fourth-order valence-corrected chi connectivity index (χ4v) is 2.39. The molecular formula is C20H22F3NO4. The molecule has 0 aliphatic heterocycles. The molecule has 0 bridgehead atoms. The molecule has 5 nitrogen and oxygen atoms in total. The number of esters is 1. The molecule has 2 rings (SSSR count). The Kier molecular flexibility index (Phi) is 7.25. The molecule has 0 saturated carbocycles. The van der Waals surface area contributed by atoms with Gasteiger partial charge in [-0.1, -0.05) is 19.8 Å². The number of rotatable bonds is 8. The summed E-state index contributed by atoms with van der Waals surface area (Å²) in [6.07, 6.45) is -1.90. The van der Waals surface area contributed by atoms with Crippen LogP contribution in [0.4, 0.5) is 13.2 Å². The molecule has 0 saturated heterocycles. The minimum Gasteiger partial charge on any atom is -0.504 e. The number of hydrogen-bond donors (Lipinski definition) is 1. The van der Waals surface area contributed by atoms with Gasteiger partial charge in [0.05, 0.1) is 17.9 Å². The predicted octanol–water partition coefficient (Wildman–Crippen LogP) is 4.97. The number of carbonyl (C=O) groups excluding carboxylic acids is 1. The quantitative estimate of drug-likeness (QED) is 0.503. The summed E-state index contributed by atoms with van der Waals surface area (Å²) in [7, 11) is 0. The summed E-state index contributed by atoms with van der Waals surface area (Å²) >= 11 is 0. The first-order valence-corrected chi connectivity index (χ1v) is 8.92. The third kappa shape index (κ3) is 5.87. The fourth-order valence-electron chi connectivity index (χ4n) is 2.39. The van der Waals surface area contributed by atoms with Crippen molar-refractivity contribution >= 4 is 5.97 Å². The highest BCUT2D eigenvalue weighted by Crippen LogP contribution is 2.33. The van der Waals surface area contributed by atoms with Crippen molar-refractivity contribution in [3.05, 3.63) is 42.1 Å². The van der Waals surface area contributed by atoms with Gasteiger partial charge in [-0.15, -0.1) is 0 Å². The van der Waals surface area contributed by atoms with Crippen LogP contribution in [-0.2, 0) is 15.7 Å². The Morgan fingerprint density at radius 1 is 1.21 bits per heavy atom. The van der Waals surface area contributed by atoms with Gasteiger partial charge >= 0.3 is 12.1 Å². The Bertz CT molecular complexity index is 791. The van der Waals surface area contributed by atoms with Crippen LogP contribution in [0.1, 0.15) is 38.7 Å². The van der Waals surface area contributed by atoms with Gasteiger partial charge in [0.2, 0.25) is 0 Å². The average Bonchev–Trinajstić information content (AvgIpc) is 2.66. The second-order valence-corrected chi connectivity index (χ2v) is 6.25. The molecule has 1 atom stereocenters. The van der Waals surface area contributed by atoms with Gasteiger partial charge in [0.15, 0.2) is 17.6 Å². The summed E-state index contributed by atoms with van der Waals surface area (Å²) in [5, 5.41) is 10.1. The fraction of sp³-hybridized carbons (Fsp3) is 0.400. The zero-order valence-electron chi connectivity index (χ0n) is 15.6. The van der Waals surface area contributed by atoms with Crippen molar-refractivity contribution < 1.29 is 32.5 Å². The van der Waals surface area contributed by atoms with Crippen LogP contribution in [0.5, 0.6) is 11.5 Å². The lowest BCUT2D eigenvalue weighted by Gasteiger charge is -2.15. The van der Waals surface area contributed by atoms with Crippen molar-refractivity contribution in [1.82, 2.24) is 4.98 Å². The Morgan fingerprint density at radius 2 is 1.96 bits per heavy atom. The number of pyridine rings is 1. The topological polar surface area (TPSA) is 68.7 Å². The molecule has 2 aromatic rings. The number of aromatic hydroxyl groups is 1. The maximum Gasteiger partial charge on any atom is 0.417 e. The monoisotopic (exact) mass is 397 g/mol. The third-order valence-corrected chi connectivity index (χ3v) is 3.97. The number of unbranched alkanes of at least 4 members (excludes halogenated alkanes) is 2. The van der Waals surface area contributed by atoms with E-state index < -0.39 is 23.8 Å². The number of carbonyl (C=O) groups is 1. The molecule has 0 radical (unpaired) electrons. The van der Waals surface area contributed by atoms with Gasteiger partial charge in [0.25, 0.3) is 0 Å². The van der Waals surface area contributed by atoms with Crippen molar-refractivity contribution in [3.8, 4) is 22.8 Å². The lowest BCUT2D eigenvalue weighted by molar-refractivity contribution is -0.151. The van der Waals surface area contributed by atoms with Gasteiger partial charge in [0, 0.05) is 11.8 Å². The molecule has 0 fully saturated rings. The van der Waals surface area contributed by atoms with Gasteiger partial charge in [-0.3, -0.25) is 4.98 Å². The molecule has 1 unspecified atom stereocenters. The molecule has 8 heteroatoms. The normalized spacial score (nSPS) is 12.5. The number of aromatic nitrogens is 1. The van der Waals surface area contributed by atoms with Gasteiger partial charge in [-0.05, 0) is 43.7 Å². The van der Waals surface area contributed by atoms with E-state index in [1.54, 1.807) is 0 Å². The van der Waals surface area contributed by atoms with E-state index >= 15 is 0 Å². The van der Waals surface area contributed by atoms with E-state index in [2.05, 4.69) is 4.98 Å². The standard InChI is InChI=1S/C20H22F3NO4/c1-3-4-5-10-27-19(26)13(2)28-18-9-6-14(11-17(18)25)16-8-7-15(12-24-16)20(21,22)23/h6-9,11-13,25H,3-5,10H2,1-2H3. The molecule has 28 heavy (non-hydrogen) atoms. The molecule has 1 aromatic carbocycles. The summed E-state index contributed by atoms with van der Waals surface area (Å²) in [6.45, 7) is 3.86. The van der Waals surface area contributed by atoms with Gasteiger partial charge in [0.1, 0.15) is 0 Å². The first-order valence-electron chi connectivity index (χ1n) is 8.92. The molecule has 1 heterocycles. The van der Waals surface area contributed by atoms with Crippen LogP contribution in [0.2, 0.25) is 0 Å². The highest BCUT2D eigenvalue weighted by molar-refractivity contribution is 5.75. The zero-order chi connectivity index (χ0) is 20.7. The first kappa shape index (κ1) is 21.5. The highest BCUT2D eigenvalue weighted by Gasteiger charge is 2.30. The van der Waals surface area contributed by atoms with E-state index in [4.69, 9.17) is 9.47 Å². The van der Waals surface area contributed by atoms with E-state index in [1.165, 1.54) is 31.2 Å². The number of alkyl halides is 3. The summed E-state index contributed by atoms with van der Waals surface area (Å²) < 4.78 is 48.3. The number of hydrogen-bond acceptors (Lipinski definition) is 5. The van der Waals surface area contributed by atoms with Crippen LogP contribution in [0.25, 0.3) is 11.3 Å². The molecule has 1 aromatic heterocycles. The second kappa shape index (κ2) is 9.43. The Hall–Kier alpha value is -2.77. The van der Waals surface area contributed by atoms with E-state index in [0.29, 0.717) is 12.2 Å². The van der Waals surface area contributed by atoms with E-state index in [-0.39, 0.29) is 17.2 Å². The predicted molar refractivity (Wildman–Crippen MR) is 96.9 cm³/mol.